The highest BCUT2D eigenvalue weighted by atomic mass is 32.1. The predicted octanol–water partition coefficient (Wildman–Crippen LogP) is 3.03. The van der Waals surface area contributed by atoms with Crippen LogP contribution in [-0.2, 0) is 6.42 Å². The second-order valence-electron chi connectivity index (χ2n) is 4.89. The fourth-order valence-corrected chi connectivity index (χ4v) is 3.53. The fraction of sp³-hybridized carbons (Fsp3) is 0.357. The summed E-state index contributed by atoms with van der Waals surface area (Å²) in [4.78, 5) is 20.7. The summed E-state index contributed by atoms with van der Waals surface area (Å²) in [6, 6.07) is 2.37. The minimum Gasteiger partial charge on any atom is -0.478 e. The van der Waals surface area contributed by atoms with Crippen LogP contribution in [0.5, 0.6) is 0 Å². The van der Waals surface area contributed by atoms with Crippen molar-refractivity contribution in [3.05, 3.63) is 39.3 Å². The maximum atomic E-state index is 11.0. The average molecular weight is 289 g/mol. The summed E-state index contributed by atoms with van der Waals surface area (Å²) in [5, 5.41) is 14.4. The Labute approximate surface area is 120 Å². The highest BCUT2D eigenvalue weighted by molar-refractivity contribution is 7.10. The zero-order valence-corrected chi connectivity index (χ0v) is 11.9. The van der Waals surface area contributed by atoms with Crippen LogP contribution in [0.15, 0.2) is 17.6 Å². The minimum absolute atomic E-state index is 0.149. The van der Waals surface area contributed by atoms with Crippen LogP contribution >= 0.6 is 11.3 Å². The number of carbonyl (C=O) groups is 1. The molecule has 0 aromatic carbocycles. The van der Waals surface area contributed by atoms with Crippen molar-refractivity contribution in [1.29, 1.82) is 0 Å². The largest absolute Gasteiger partial charge is 0.478 e. The van der Waals surface area contributed by atoms with Crippen LogP contribution in [0.2, 0.25) is 0 Å². The van der Waals surface area contributed by atoms with Crippen molar-refractivity contribution in [2.24, 2.45) is 0 Å². The van der Waals surface area contributed by atoms with Crippen molar-refractivity contribution >= 4 is 23.3 Å². The van der Waals surface area contributed by atoms with Gasteiger partial charge in [0, 0.05) is 11.1 Å². The Morgan fingerprint density at radius 1 is 1.55 bits per heavy atom. The quantitative estimate of drug-likeness (QED) is 0.908. The van der Waals surface area contributed by atoms with Crippen molar-refractivity contribution in [2.75, 3.05) is 5.32 Å². The average Bonchev–Trinajstić information content (AvgIpc) is 2.87. The van der Waals surface area contributed by atoms with Gasteiger partial charge in [0.05, 0.1) is 17.3 Å². The highest BCUT2D eigenvalue weighted by Crippen LogP contribution is 2.34. The molecule has 1 aliphatic rings. The van der Waals surface area contributed by atoms with Crippen molar-refractivity contribution < 1.29 is 9.90 Å². The molecule has 0 fully saturated rings. The molecule has 20 heavy (non-hydrogen) atoms. The zero-order chi connectivity index (χ0) is 14.1. The van der Waals surface area contributed by atoms with Gasteiger partial charge in [0.25, 0.3) is 0 Å². The molecule has 5 nitrogen and oxygen atoms in total. The molecular formula is C14H15N3O2S. The molecule has 0 saturated heterocycles. The summed E-state index contributed by atoms with van der Waals surface area (Å²) in [6.07, 6.45) is 4.71. The number of aromatic carboxylic acids is 1. The van der Waals surface area contributed by atoms with Gasteiger partial charge >= 0.3 is 5.97 Å². The van der Waals surface area contributed by atoms with Crippen LogP contribution < -0.4 is 5.32 Å². The summed E-state index contributed by atoms with van der Waals surface area (Å²) >= 11 is 1.79. The third-order valence-electron chi connectivity index (χ3n) is 3.56. The van der Waals surface area contributed by atoms with Gasteiger partial charge in [0.1, 0.15) is 0 Å². The molecule has 2 aromatic rings. The number of carboxylic acid groups (broad SMARTS) is 1. The lowest BCUT2D eigenvalue weighted by Crippen LogP contribution is -2.18. The monoisotopic (exact) mass is 289 g/mol. The van der Waals surface area contributed by atoms with Crippen molar-refractivity contribution in [3.63, 3.8) is 0 Å². The van der Waals surface area contributed by atoms with Gasteiger partial charge in [-0.1, -0.05) is 0 Å². The second-order valence-corrected chi connectivity index (χ2v) is 5.89. The Morgan fingerprint density at radius 2 is 2.40 bits per heavy atom. The van der Waals surface area contributed by atoms with E-state index in [1.807, 2.05) is 0 Å². The van der Waals surface area contributed by atoms with Gasteiger partial charge in [-0.15, -0.1) is 11.3 Å². The lowest BCUT2D eigenvalue weighted by molar-refractivity contribution is 0.0695. The van der Waals surface area contributed by atoms with Crippen LogP contribution in [0.4, 0.5) is 5.95 Å². The predicted molar refractivity (Wildman–Crippen MR) is 77.3 cm³/mol. The van der Waals surface area contributed by atoms with E-state index in [0.717, 1.165) is 19.3 Å². The first kappa shape index (κ1) is 13.1. The summed E-state index contributed by atoms with van der Waals surface area (Å²) in [5.41, 5.74) is 1.96. The Hall–Kier alpha value is -1.95. The first-order valence-corrected chi connectivity index (χ1v) is 7.43. The lowest BCUT2D eigenvalue weighted by atomic mass is 9.94. The van der Waals surface area contributed by atoms with Gasteiger partial charge in [0.2, 0.25) is 5.95 Å². The zero-order valence-electron chi connectivity index (χ0n) is 11.1. The number of fused-ring (bicyclic) bond motifs is 1. The number of anilines is 1. The lowest BCUT2D eigenvalue weighted by Gasteiger charge is -2.23. The summed E-state index contributed by atoms with van der Waals surface area (Å²) in [5.74, 6) is -0.497. The number of aromatic nitrogens is 2. The summed E-state index contributed by atoms with van der Waals surface area (Å²) in [7, 11) is 0. The maximum absolute atomic E-state index is 11.0. The molecule has 104 valence electrons. The van der Waals surface area contributed by atoms with Gasteiger partial charge in [0.15, 0.2) is 0 Å². The van der Waals surface area contributed by atoms with Gasteiger partial charge < -0.3 is 10.4 Å². The molecule has 0 radical (unpaired) electrons. The number of hydrogen-bond donors (Lipinski definition) is 2. The van der Waals surface area contributed by atoms with Crippen LogP contribution in [0.1, 0.15) is 45.4 Å². The Morgan fingerprint density at radius 3 is 3.15 bits per heavy atom. The molecule has 1 atom stereocenters. The van der Waals surface area contributed by atoms with Crippen LogP contribution in [0, 0.1) is 6.92 Å². The molecule has 1 unspecified atom stereocenters. The number of thiophene rings is 1. The van der Waals surface area contributed by atoms with Crippen LogP contribution in [0.25, 0.3) is 0 Å². The normalized spacial score (nSPS) is 17.6. The molecule has 0 bridgehead atoms. The smallest absolute Gasteiger partial charge is 0.339 e. The number of nitrogens with one attached hydrogen (secondary N) is 1. The van der Waals surface area contributed by atoms with Crippen molar-refractivity contribution in [1.82, 2.24) is 9.97 Å². The van der Waals surface area contributed by atoms with E-state index in [-0.39, 0.29) is 11.6 Å². The van der Waals surface area contributed by atoms with E-state index in [1.165, 1.54) is 16.6 Å². The first-order valence-electron chi connectivity index (χ1n) is 6.55. The molecule has 0 spiro atoms. The fourth-order valence-electron chi connectivity index (χ4n) is 2.54. The highest BCUT2D eigenvalue weighted by Gasteiger charge is 2.22. The molecule has 0 aliphatic heterocycles. The van der Waals surface area contributed by atoms with Crippen molar-refractivity contribution in [2.45, 2.75) is 32.2 Å². The number of nitrogens with zero attached hydrogens (tertiary/aromatic N) is 2. The maximum Gasteiger partial charge on any atom is 0.339 e. The molecular weight excluding hydrogens is 274 g/mol. The van der Waals surface area contributed by atoms with E-state index < -0.39 is 5.97 Å². The first-order chi connectivity index (χ1) is 9.65. The minimum atomic E-state index is -0.994. The summed E-state index contributed by atoms with van der Waals surface area (Å²) < 4.78 is 0. The van der Waals surface area contributed by atoms with Crippen molar-refractivity contribution in [3.8, 4) is 0 Å². The number of aryl methyl sites for hydroxylation is 2. The Bertz CT molecular complexity index is 654. The molecule has 1 aliphatic carbocycles. The molecule has 3 rings (SSSR count). The SMILES string of the molecule is Cc1nc(NC2CCCc3sccc32)ncc1C(=O)O. The van der Waals surface area contributed by atoms with Gasteiger partial charge in [-0.2, -0.15) is 0 Å². The molecule has 6 heteroatoms. The Balaban J connectivity index is 1.83. The van der Waals surface area contributed by atoms with E-state index in [2.05, 4.69) is 26.7 Å². The topological polar surface area (TPSA) is 75.1 Å². The third-order valence-corrected chi connectivity index (χ3v) is 4.56. The molecule has 0 saturated carbocycles. The molecule has 0 amide bonds. The van der Waals surface area contributed by atoms with Gasteiger partial charge in [-0.25, -0.2) is 14.8 Å². The van der Waals surface area contributed by atoms with Gasteiger partial charge in [-0.05, 0) is 43.2 Å². The standard InChI is InChI=1S/C14H15N3O2S/c1-8-10(13(18)19)7-15-14(16-8)17-11-3-2-4-12-9(11)5-6-20-12/h5-7,11H,2-4H2,1H3,(H,18,19)(H,15,16,17). The van der Waals surface area contributed by atoms with E-state index in [0.29, 0.717) is 11.6 Å². The third kappa shape index (κ3) is 2.38. The summed E-state index contributed by atoms with van der Waals surface area (Å²) in [6.45, 7) is 1.69. The number of carboxylic acids is 1. The number of rotatable bonds is 3. The van der Waals surface area contributed by atoms with E-state index in [9.17, 15) is 4.79 Å². The second kappa shape index (κ2) is 5.20. The van der Waals surface area contributed by atoms with E-state index in [4.69, 9.17) is 5.11 Å². The Kier molecular flexibility index (Phi) is 3.40. The van der Waals surface area contributed by atoms with Crippen LogP contribution in [0.3, 0.4) is 0 Å². The van der Waals surface area contributed by atoms with Gasteiger partial charge in [-0.3, -0.25) is 0 Å². The molecule has 2 heterocycles. The molecule has 2 aromatic heterocycles. The van der Waals surface area contributed by atoms with Crippen LogP contribution in [-0.4, -0.2) is 21.0 Å². The number of hydrogen-bond acceptors (Lipinski definition) is 5. The van der Waals surface area contributed by atoms with E-state index in [1.54, 1.807) is 18.3 Å². The molecule has 2 N–H and O–H groups in total. The van der Waals surface area contributed by atoms with E-state index >= 15 is 0 Å².